The van der Waals surface area contributed by atoms with Gasteiger partial charge in [0.2, 0.25) is 5.91 Å². The molecule has 0 spiro atoms. The van der Waals surface area contributed by atoms with E-state index >= 15 is 0 Å². The number of anilines is 2. The van der Waals surface area contributed by atoms with Crippen LogP contribution in [0.15, 0.2) is 70.2 Å². The second-order valence-electron chi connectivity index (χ2n) is 6.11. The Hall–Kier alpha value is -2.99. The Bertz CT molecular complexity index is 952. The van der Waals surface area contributed by atoms with Crippen molar-refractivity contribution in [1.82, 2.24) is 0 Å². The first-order valence-electron chi connectivity index (χ1n) is 8.46. The van der Waals surface area contributed by atoms with Crippen LogP contribution in [0.2, 0.25) is 0 Å². The second kappa shape index (κ2) is 8.60. The van der Waals surface area contributed by atoms with Crippen molar-refractivity contribution in [3.8, 4) is 0 Å². The third-order valence-electron chi connectivity index (χ3n) is 3.86. The largest absolute Gasteiger partial charge is 0.459 e. The third kappa shape index (κ3) is 5.24. The number of thioether (sulfide) groups is 1. The monoisotopic (exact) mass is 380 g/mol. The Morgan fingerprint density at radius 2 is 1.85 bits per heavy atom. The molecule has 0 fully saturated rings. The van der Waals surface area contributed by atoms with E-state index in [9.17, 15) is 9.59 Å². The molecule has 1 heterocycles. The Balaban J connectivity index is 1.56. The van der Waals surface area contributed by atoms with Crippen LogP contribution in [0.5, 0.6) is 0 Å². The summed E-state index contributed by atoms with van der Waals surface area (Å²) < 4.78 is 5.08. The highest BCUT2D eigenvalue weighted by molar-refractivity contribution is 8.00. The van der Waals surface area contributed by atoms with Crippen molar-refractivity contribution in [1.29, 1.82) is 0 Å². The standard InChI is InChI=1S/C21H20N2O3S/c1-14-8-9-18(15(2)11-14)23-20(24)13-27-17-6-3-5-16(12-17)22-21(25)19-7-4-10-26-19/h3-12H,13H2,1-2H3,(H,22,25)(H,23,24). The number of furan rings is 1. The number of carbonyl (C=O) groups is 2. The van der Waals surface area contributed by atoms with Crippen LogP contribution < -0.4 is 10.6 Å². The molecule has 0 unspecified atom stereocenters. The number of hydrogen-bond acceptors (Lipinski definition) is 4. The average molecular weight is 380 g/mol. The minimum atomic E-state index is -0.310. The predicted octanol–water partition coefficient (Wildman–Crippen LogP) is 4.88. The molecule has 0 radical (unpaired) electrons. The second-order valence-corrected chi connectivity index (χ2v) is 7.16. The highest BCUT2D eigenvalue weighted by Gasteiger charge is 2.10. The Labute approximate surface area is 162 Å². The van der Waals surface area contributed by atoms with Crippen LogP contribution in [0.3, 0.4) is 0 Å². The van der Waals surface area contributed by atoms with E-state index in [0.717, 1.165) is 21.7 Å². The van der Waals surface area contributed by atoms with Crippen LogP contribution in [-0.4, -0.2) is 17.6 Å². The normalized spacial score (nSPS) is 10.4. The topological polar surface area (TPSA) is 71.3 Å². The molecule has 0 saturated heterocycles. The zero-order valence-electron chi connectivity index (χ0n) is 15.1. The van der Waals surface area contributed by atoms with Crippen LogP contribution in [-0.2, 0) is 4.79 Å². The minimum Gasteiger partial charge on any atom is -0.459 e. The Morgan fingerprint density at radius 3 is 2.59 bits per heavy atom. The quantitative estimate of drug-likeness (QED) is 0.598. The van der Waals surface area contributed by atoms with Crippen molar-refractivity contribution in [3.05, 3.63) is 77.7 Å². The zero-order valence-corrected chi connectivity index (χ0v) is 15.9. The summed E-state index contributed by atoms with van der Waals surface area (Å²) in [6.07, 6.45) is 1.45. The fourth-order valence-corrected chi connectivity index (χ4v) is 3.31. The van der Waals surface area contributed by atoms with Crippen molar-refractivity contribution < 1.29 is 14.0 Å². The molecule has 6 heteroatoms. The van der Waals surface area contributed by atoms with E-state index in [1.807, 2.05) is 50.2 Å². The third-order valence-corrected chi connectivity index (χ3v) is 4.86. The van der Waals surface area contributed by atoms with Gasteiger partial charge in [-0.3, -0.25) is 9.59 Å². The van der Waals surface area contributed by atoms with E-state index in [-0.39, 0.29) is 23.3 Å². The van der Waals surface area contributed by atoms with E-state index in [0.29, 0.717) is 5.69 Å². The van der Waals surface area contributed by atoms with Gasteiger partial charge in [-0.15, -0.1) is 11.8 Å². The van der Waals surface area contributed by atoms with Crippen molar-refractivity contribution in [3.63, 3.8) is 0 Å². The van der Waals surface area contributed by atoms with Gasteiger partial charge in [-0.2, -0.15) is 0 Å². The van der Waals surface area contributed by atoms with Gasteiger partial charge < -0.3 is 15.1 Å². The van der Waals surface area contributed by atoms with Gasteiger partial charge in [-0.25, -0.2) is 0 Å². The summed E-state index contributed by atoms with van der Waals surface area (Å²) in [5.74, 6) is 0.149. The lowest BCUT2D eigenvalue weighted by Gasteiger charge is -2.09. The van der Waals surface area contributed by atoms with Crippen LogP contribution >= 0.6 is 11.8 Å². The molecule has 2 amide bonds. The molecule has 0 aliphatic carbocycles. The molecular weight excluding hydrogens is 360 g/mol. The SMILES string of the molecule is Cc1ccc(NC(=O)CSc2cccc(NC(=O)c3ccco3)c2)c(C)c1. The van der Waals surface area contributed by atoms with Gasteiger partial charge in [0.15, 0.2) is 5.76 Å². The lowest BCUT2D eigenvalue weighted by molar-refractivity contribution is -0.113. The molecule has 138 valence electrons. The summed E-state index contributed by atoms with van der Waals surface area (Å²) in [7, 11) is 0. The molecule has 0 saturated carbocycles. The highest BCUT2D eigenvalue weighted by atomic mass is 32.2. The molecule has 2 aromatic carbocycles. The molecule has 0 bridgehead atoms. The summed E-state index contributed by atoms with van der Waals surface area (Å²) in [5, 5.41) is 5.71. The number of benzene rings is 2. The van der Waals surface area contributed by atoms with Crippen LogP contribution in [0, 0.1) is 13.8 Å². The molecular formula is C21H20N2O3S. The van der Waals surface area contributed by atoms with Gasteiger partial charge in [-0.1, -0.05) is 23.8 Å². The fraction of sp³-hybridized carbons (Fsp3) is 0.143. The van der Waals surface area contributed by atoms with E-state index in [1.165, 1.54) is 18.0 Å². The van der Waals surface area contributed by atoms with Crippen LogP contribution in [0.1, 0.15) is 21.7 Å². The van der Waals surface area contributed by atoms with Crippen LogP contribution in [0.4, 0.5) is 11.4 Å². The van der Waals surface area contributed by atoms with Crippen molar-refractivity contribution in [2.75, 3.05) is 16.4 Å². The summed E-state index contributed by atoms with van der Waals surface area (Å²) >= 11 is 1.41. The molecule has 0 aliphatic heterocycles. The van der Waals surface area contributed by atoms with E-state index in [2.05, 4.69) is 10.6 Å². The maximum absolute atomic E-state index is 12.2. The molecule has 5 nitrogen and oxygen atoms in total. The first-order chi connectivity index (χ1) is 13.0. The van der Waals surface area contributed by atoms with Crippen molar-refractivity contribution in [2.24, 2.45) is 0 Å². The predicted molar refractivity (Wildman–Crippen MR) is 108 cm³/mol. The molecule has 1 aromatic heterocycles. The van der Waals surface area contributed by atoms with Crippen molar-refractivity contribution >= 4 is 35.0 Å². The molecule has 3 aromatic rings. The van der Waals surface area contributed by atoms with Gasteiger partial charge in [0, 0.05) is 16.3 Å². The number of carbonyl (C=O) groups excluding carboxylic acids is 2. The molecule has 2 N–H and O–H groups in total. The van der Waals surface area contributed by atoms with Gasteiger partial charge in [0.05, 0.1) is 12.0 Å². The highest BCUT2D eigenvalue weighted by Crippen LogP contribution is 2.23. The lowest BCUT2D eigenvalue weighted by Crippen LogP contribution is -2.15. The summed E-state index contributed by atoms with van der Waals surface area (Å²) in [4.78, 5) is 25.2. The zero-order chi connectivity index (χ0) is 19.2. The maximum Gasteiger partial charge on any atom is 0.291 e. The lowest BCUT2D eigenvalue weighted by atomic mass is 10.1. The first kappa shape index (κ1) is 18.8. The number of hydrogen-bond donors (Lipinski definition) is 2. The van der Waals surface area contributed by atoms with Crippen molar-refractivity contribution in [2.45, 2.75) is 18.7 Å². The molecule has 27 heavy (non-hydrogen) atoms. The fourth-order valence-electron chi connectivity index (χ4n) is 2.55. The molecule has 0 aliphatic rings. The van der Waals surface area contributed by atoms with Crippen LogP contribution in [0.25, 0.3) is 0 Å². The summed E-state index contributed by atoms with van der Waals surface area (Å²) in [5.41, 5.74) is 3.67. The number of aryl methyl sites for hydroxylation is 2. The summed E-state index contributed by atoms with van der Waals surface area (Å²) in [6.45, 7) is 3.99. The number of amides is 2. The molecule has 3 rings (SSSR count). The maximum atomic E-state index is 12.2. The Morgan fingerprint density at radius 1 is 1.00 bits per heavy atom. The summed E-state index contributed by atoms with van der Waals surface area (Å²) in [6, 6.07) is 16.5. The minimum absolute atomic E-state index is 0.0722. The van der Waals surface area contributed by atoms with Gasteiger partial charge >= 0.3 is 0 Å². The number of rotatable bonds is 6. The first-order valence-corrected chi connectivity index (χ1v) is 9.44. The Kier molecular flexibility index (Phi) is 5.98. The van der Waals surface area contributed by atoms with Gasteiger partial charge in [0.1, 0.15) is 0 Å². The molecule has 0 atom stereocenters. The van der Waals surface area contributed by atoms with E-state index < -0.39 is 0 Å². The average Bonchev–Trinajstić information content (AvgIpc) is 3.18. The van der Waals surface area contributed by atoms with E-state index in [4.69, 9.17) is 4.42 Å². The van der Waals surface area contributed by atoms with Gasteiger partial charge in [-0.05, 0) is 55.8 Å². The number of nitrogens with one attached hydrogen (secondary N) is 2. The van der Waals surface area contributed by atoms with Gasteiger partial charge in [0.25, 0.3) is 5.91 Å². The van der Waals surface area contributed by atoms with E-state index in [1.54, 1.807) is 18.2 Å². The smallest absolute Gasteiger partial charge is 0.291 e.